The first-order chi connectivity index (χ1) is 9.77. The van der Waals surface area contributed by atoms with Crippen molar-refractivity contribution in [1.29, 1.82) is 0 Å². The maximum atomic E-state index is 12.8. The Labute approximate surface area is 134 Å². The summed E-state index contributed by atoms with van der Waals surface area (Å²) < 4.78 is 0. The van der Waals surface area contributed by atoms with E-state index in [9.17, 15) is 4.79 Å². The third-order valence-corrected chi connectivity index (χ3v) is 5.86. The van der Waals surface area contributed by atoms with E-state index in [2.05, 4.69) is 30.7 Å². The second-order valence-corrected chi connectivity index (χ2v) is 7.50. The van der Waals surface area contributed by atoms with E-state index < -0.39 is 5.41 Å². The molecule has 0 saturated heterocycles. The van der Waals surface area contributed by atoms with Gasteiger partial charge < -0.3 is 5.32 Å². The summed E-state index contributed by atoms with van der Waals surface area (Å²) in [6, 6.07) is 1.58. The summed E-state index contributed by atoms with van der Waals surface area (Å²) >= 11 is 11.9. The number of amides is 1. The SMILES string of the molecule is C=C1C(C)(C)[C@@H]2CC[C@@]1(C(=O)Nc1ncc(Cl)cc1Cl)C2. The number of fused-ring (bicyclic) bond motifs is 2. The van der Waals surface area contributed by atoms with Crippen molar-refractivity contribution in [3.63, 3.8) is 0 Å². The minimum absolute atomic E-state index is 0.0206. The molecule has 2 atom stereocenters. The van der Waals surface area contributed by atoms with Gasteiger partial charge >= 0.3 is 0 Å². The number of nitrogens with one attached hydrogen (secondary N) is 1. The van der Waals surface area contributed by atoms with Crippen LogP contribution in [0.3, 0.4) is 0 Å². The number of hydrogen-bond acceptors (Lipinski definition) is 2. The summed E-state index contributed by atoms with van der Waals surface area (Å²) in [5, 5.41) is 3.66. The van der Waals surface area contributed by atoms with Gasteiger partial charge in [-0.1, -0.05) is 49.2 Å². The molecular formula is C16H18Cl2N2O. The van der Waals surface area contributed by atoms with Crippen molar-refractivity contribution in [3.05, 3.63) is 34.5 Å². The van der Waals surface area contributed by atoms with Crippen LogP contribution in [0.25, 0.3) is 0 Å². The molecule has 2 bridgehead atoms. The van der Waals surface area contributed by atoms with E-state index in [1.807, 2.05) is 0 Å². The highest BCUT2D eigenvalue weighted by Gasteiger charge is 2.60. The van der Waals surface area contributed by atoms with Crippen LogP contribution in [-0.4, -0.2) is 10.9 Å². The lowest BCUT2D eigenvalue weighted by Crippen LogP contribution is -2.37. The van der Waals surface area contributed by atoms with Crippen molar-refractivity contribution < 1.29 is 4.79 Å². The summed E-state index contributed by atoms with van der Waals surface area (Å²) in [6.45, 7) is 8.59. The van der Waals surface area contributed by atoms with Crippen molar-refractivity contribution in [1.82, 2.24) is 4.98 Å². The van der Waals surface area contributed by atoms with Gasteiger partial charge in [0.1, 0.15) is 0 Å². The third kappa shape index (κ3) is 2.09. The fourth-order valence-corrected chi connectivity index (χ4v) is 4.30. The van der Waals surface area contributed by atoms with Gasteiger partial charge in [0.15, 0.2) is 5.82 Å². The third-order valence-electron chi connectivity index (χ3n) is 5.36. The molecule has 3 rings (SSSR count). The highest BCUT2D eigenvalue weighted by atomic mass is 35.5. The number of rotatable bonds is 2. The van der Waals surface area contributed by atoms with Gasteiger partial charge in [0.25, 0.3) is 0 Å². The Kier molecular flexibility index (Phi) is 3.34. The Hall–Kier alpha value is -1.06. The van der Waals surface area contributed by atoms with Crippen molar-refractivity contribution in [3.8, 4) is 0 Å². The molecule has 0 spiro atoms. The van der Waals surface area contributed by atoms with E-state index in [0.29, 0.717) is 21.8 Å². The number of nitrogens with zero attached hydrogens (tertiary/aromatic N) is 1. The van der Waals surface area contributed by atoms with Gasteiger partial charge in [0.2, 0.25) is 5.91 Å². The molecule has 3 nitrogen and oxygen atoms in total. The Morgan fingerprint density at radius 2 is 2.19 bits per heavy atom. The predicted molar refractivity (Wildman–Crippen MR) is 85.6 cm³/mol. The molecule has 21 heavy (non-hydrogen) atoms. The lowest BCUT2D eigenvalue weighted by molar-refractivity contribution is -0.123. The highest BCUT2D eigenvalue weighted by Crippen LogP contribution is 2.65. The van der Waals surface area contributed by atoms with Crippen LogP contribution in [0.4, 0.5) is 5.82 Å². The number of pyridine rings is 1. The van der Waals surface area contributed by atoms with Gasteiger partial charge in [0.05, 0.1) is 15.5 Å². The molecule has 1 aromatic heterocycles. The van der Waals surface area contributed by atoms with Crippen LogP contribution < -0.4 is 5.32 Å². The molecule has 0 radical (unpaired) electrons. The normalized spacial score (nSPS) is 29.7. The number of carbonyl (C=O) groups is 1. The standard InChI is InChI=1S/C16H18Cl2N2O/c1-9-15(2,3)10-4-5-16(9,7-10)14(21)20-13-12(18)6-11(17)8-19-13/h6,8,10H,1,4-5,7H2,2-3H3,(H,19,20,21)/t10-,16-/m1/s1. The molecule has 0 aromatic carbocycles. The summed E-state index contributed by atoms with van der Waals surface area (Å²) in [5.74, 6) is 0.850. The molecule has 1 heterocycles. The zero-order valence-corrected chi connectivity index (χ0v) is 13.7. The minimum atomic E-state index is -0.473. The molecule has 2 aliphatic rings. The summed E-state index contributed by atoms with van der Waals surface area (Å²) in [7, 11) is 0. The molecule has 0 aliphatic heterocycles. The second kappa shape index (κ2) is 4.72. The van der Waals surface area contributed by atoms with Crippen LogP contribution in [0, 0.1) is 16.7 Å². The van der Waals surface area contributed by atoms with Crippen LogP contribution >= 0.6 is 23.2 Å². The molecule has 112 valence electrons. The molecular weight excluding hydrogens is 307 g/mol. The Morgan fingerprint density at radius 3 is 2.76 bits per heavy atom. The highest BCUT2D eigenvalue weighted by molar-refractivity contribution is 6.36. The number of anilines is 1. The maximum absolute atomic E-state index is 12.8. The predicted octanol–water partition coefficient (Wildman–Crippen LogP) is 4.71. The van der Waals surface area contributed by atoms with Crippen LogP contribution in [0.2, 0.25) is 10.0 Å². The van der Waals surface area contributed by atoms with E-state index in [4.69, 9.17) is 23.2 Å². The molecule has 1 amide bonds. The zero-order valence-electron chi connectivity index (χ0n) is 12.2. The summed E-state index contributed by atoms with van der Waals surface area (Å²) in [6.07, 6.45) is 4.28. The van der Waals surface area contributed by atoms with E-state index >= 15 is 0 Å². The van der Waals surface area contributed by atoms with Crippen LogP contribution in [0.5, 0.6) is 0 Å². The van der Waals surface area contributed by atoms with E-state index in [1.165, 1.54) is 6.20 Å². The minimum Gasteiger partial charge on any atom is -0.309 e. The Bertz CT molecular complexity index is 641. The average Bonchev–Trinajstić information content (AvgIpc) is 2.93. The van der Waals surface area contributed by atoms with Gasteiger partial charge in [-0.05, 0) is 36.7 Å². The number of carbonyl (C=O) groups excluding carboxylic acids is 1. The van der Waals surface area contributed by atoms with E-state index in [0.717, 1.165) is 24.8 Å². The second-order valence-electron chi connectivity index (χ2n) is 6.66. The maximum Gasteiger partial charge on any atom is 0.235 e. The van der Waals surface area contributed by atoms with Crippen LogP contribution in [-0.2, 0) is 4.79 Å². The van der Waals surface area contributed by atoms with Gasteiger partial charge in [-0.3, -0.25) is 4.79 Å². The zero-order chi connectivity index (χ0) is 15.4. The lowest BCUT2D eigenvalue weighted by atomic mass is 9.68. The largest absolute Gasteiger partial charge is 0.309 e. The van der Waals surface area contributed by atoms with Crippen molar-refractivity contribution in [2.24, 2.45) is 16.7 Å². The molecule has 1 aromatic rings. The van der Waals surface area contributed by atoms with Gasteiger partial charge in [0, 0.05) is 6.20 Å². The number of aromatic nitrogens is 1. The van der Waals surface area contributed by atoms with Gasteiger partial charge in [-0.25, -0.2) is 4.98 Å². The lowest BCUT2D eigenvalue weighted by Gasteiger charge is -2.37. The van der Waals surface area contributed by atoms with Gasteiger partial charge in [-0.2, -0.15) is 0 Å². The van der Waals surface area contributed by atoms with Crippen molar-refractivity contribution in [2.45, 2.75) is 33.1 Å². The van der Waals surface area contributed by atoms with Crippen LogP contribution in [0.15, 0.2) is 24.4 Å². The average molecular weight is 325 g/mol. The Morgan fingerprint density at radius 1 is 1.48 bits per heavy atom. The summed E-state index contributed by atoms with van der Waals surface area (Å²) in [4.78, 5) is 16.9. The monoisotopic (exact) mass is 324 g/mol. The van der Waals surface area contributed by atoms with Crippen molar-refractivity contribution in [2.75, 3.05) is 5.32 Å². The summed E-state index contributed by atoms with van der Waals surface area (Å²) in [5.41, 5.74) is 0.583. The first-order valence-corrected chi connectivity index (χ1v) is 7.85. The molecule has 5 heteroatoms. The molecule has 1 N–H and O–H groups in total. The van der Waals surface area contributed by atoms with Gasteiger partial charge in [-0.15, -0.1) is 0 Å². The number of hydrogen-bond donors (Lipinski definition) is 1. The number of halogens is 2. The quantitative estimate of drug-likeness (QED) is 0.800. The Balaban J connectivity index is 1.88. The fraction of sp³-hybridized carbons (Fsp3) is 0.500. The topological polar surface area (TPSA) is 42.0 Å². The fourth-order valence-electron chi connectivity index (χ4n) is 3.88. The van der Waals surface area contributed by atoms with Crippen molar-refractivity contribution >= 4 is 34.9 Å². The smallest absolute Gasteiger partial charge is 0.235 e. The van der Waals surface area contributed by atoms with E-state index in [1.54, 1.807) is 6.07 Å². The molecule has 2 fully saturated rings. The first kappa shape index (κ1) is 14.9. The van der Waals surface area contributed by atoms with Crippen LogP contribution in [0.1, 0.15) is 33.1 Å². The van der Waals surface area contributed by atoms with E-state index in [-0.39, 0.29) is 11.3 Å². The first-order valence-electron chi connectivity index (χ1n) is 7.10. The molecule has 2 aliphatic carbocycles. The molecule has 0 unspecified atom stereocenters. The molecule has 2 saturated carbocycles.